The number of hydrogen-bond donors (Lipinski definition) is 3. The number of carbonyl (C=O) groups excluding carboxylic acids is 1. The highest BCUT2D eigenvalue weighted by molar-refractivity contribution is 5.76. The van der Waals surface area contributed by atoms with Gasteiger partial charge in [-0.1, -0.05) is 5.92 Å². The molecule has 1 fully saturated rings. The monoisotopic (exact) mass is 238 g/mol. The van der Waals surface area contributed by atoms with Gasteiger partial charge in [0.2, 0.25) is 0 Å². The van der Waals surface area contributed by atoms with Gasteiger partial charge in [-0.25, -0.2) is 4.79 Å². The van der Waals surface area contributed by atoms with Crippen LogP contribution in [0.5, 0.6) is 0 Å². The fourth-order valence-electron chi connectivity index (χ4n) is 1.88. The van der Waals surface area contributed by atoms with E-state index in [1.54, 1.807) is 13.8 Å². The minimum Gasteiger partial charge on any atom is -0.481 e. The Labute approximate surface area is 101 Å². The minimum absolute atomic E-state index is 0.0790. The molecule has 1 aliphatic carbocycles. The van der Waals surface area contributed by atoms with Gasteiger partial charge in [0.25, 0.3) is 0 Å². The smallest absolute Gasteiger partial charge is 0.316 e. The molecule has 0 aromatic heterocycles. The number of aliphatic carboxylic acids is 1. The lowest BCUT2D eigenvalue weighted by Crippen LogP contribution is -2.49. The number of carboxylic acid groups (broad SMARTS) is 1. The van der Waals surface area contributed by atoms with Crippen molar-refractivity contribution in [3.05, 3.63) is 0 Å². The molecule has 0 spiro atoms. The van der Waals surface area contributed by atoms with E-state index in [9.17, 15) is 9.59 Å². The summed E-state index contributed by atoms with van der Waals surface area (Å²) in [5.74, 6) is 1.32. The normalized spacial score (nSPS) is 23.8. The molecule has 5 heteroatoms. The summed E-state index contributed by atoms with van der Waals surface area (Å²) in [6, 6.07) is -0.423. The second-order valence-corrected chi connectivity index (χ2v) is 4.91. The topological polar surface area (TPSA) is 78.4 Å². The van der Waals surface area contributed by atoms with Crippen LogP contribution >= 0.6 is 0 Å². The van der Waals surface area contributed by atoms with Crippen molar-refractivity contribution in [3.8, 4) is 12.3 Å². The van der Waals surface area contributed by atoms with Gasteiger partial charge in [0, 0.05) is 6.04 Å². The van der Waals surface area contributed by atoms with E-state index >= 15 is 0 Å². The number of carbonyl (C=O) groups is 2. The van der Waals surface area contributed by atoms with Crippen LogP contribution in [0.25, 0.3) is 0 Å². The van der Waals surface area contributed by atoms with Gasteiger partial charge in [-0.3, -0.25) is 4.79 Å². The van der Waals surface area contributed by atoms with Gasteiger partial charge in [-0.2, -0.15) is 0 Å². The van der Waals surface area contributed by atoms with Gasteiger partial charge in [0.1, 0.15) is 0 Å². The number of amides is 2. The highest BCUT2D eigenvalue weighted by Gasteiger charge is 2.31. The fraction of sp³-hybridized carbons (Fsp3) is 0.667. The van der Waals surface area contributed by atoms with Gasteiger partial charge in [0.05, 0.1) is 11.5 Å². The molecule has 0 aliphatic heterocycles. The molecule has 3 N–H and O–H groups in total. The Bertz CT molecular complexity index is 357. The fourth-order valence-corrected chi connectivity index (χ4v) is 1.88. The van der Waals surface area contributed by atoms with E-state index in [0.29, 0.717) is 19.3 Å². The molecule has 94 valence electrons. The van der Waals surface area contributed by atoms with Crippen LogP contribution in [0.2, 0.25) is 0 Å². The summed E-state index contributed by atoms with van der Waals surface area (Å²) in [6.07, 6.45) is 7.04. The molecule has 2 amide bonds. The highest BCUT2D eigenvalue weighted by Crippen LogP contribution is 2.25. The van der Waals surface area contributed by atoms with E-state index in [0.717, 1.165) is 0 Å². The quantitative estimate of drug-likeness (QED) is 0.640. The SMILES string of the molecule is C#CC(C)(C)NC(=O)N[C@H]1CC[C@@H](C(=O)O)C1. The maximum absolute atomic E-state index is 11.6. The van der Waals surface area contributed by atoms with Gasteiger partial charge >= 0.3 is 12.0 Å². The lowest BCUT2D eigenvalue weighted by atomic mass is 10.1. The molecule has 0 aromatic carbocycles. The molecule has 5 nitrogen and oxygen atoms in total. The average Bonchev–Trinajstić information content (AvgIpc) is 2.65. The average molecular weight is 238 g/mol. The van der Waals surface area contributed by atoms with Crippen molar-refractivity contribution in [2.45, 2.75) is 44.7 Å². The predicted molar refractivity (Wildman–Crippen MR) is 63.3 cm³/mol. The molecule has 17 heavy (non-hydrogen) atoms. The van der Waals surface area contributed by atoms with E-state index in [4.69, 9.17) is 11.5 Å². The first-order chi connectivity index (χ1) is 7.84. The minimum atomic E-state index is -0.793. The summed E-state index contributed by atoms with van der Waals surface area (Å²) in [4.78, 5) is 22.3. The summed E-state index contributed by atoms with van der Waals surface area (Å²) in [5, 5.41) is 14.2. The molecule has 0 bridgehead atoms. The van der Waals surface area contributed by atoms with Gasteiger partial charge in [0.15, 0.2) is 0 Å². The maximum Gasteiger partial charge on any atom is 0.316 e. The standard InChI is InChI=1S/C12H18N2O3/c1-4-12(2,3)14-11(17)13-9-6-5-8(7-9)10(15)16/h1,8-9H,5-7H2,2-3H3,(H,15,16)(H2,13,14,17)/t8-,9+/m1/s1. The van der Waals surface area contributed by atoms with Gasteiger partial charge < -0.3 is 15.7 Å². The van der Waals surface area contributed by atoms with E-state index < -0.39 is 11.5 Å². The van der Waals surface area contributed by atoms with Crippen molar-refractivity contribution in [1.29, 1.82) is 0 Å². The third-order valence-electron chi connectivity index (χ3n) is 2.90. The number of nitrogens with one attached hydrogen (secondary N) is 2. The number of carboxylic acids is 1. The van der Waals surface area contributed by atoms with Crippen LogP contribution in [0.15, 0.2) is 0 Å². The number of hydrogen-bond acceptors (Lipinski definition) is 2. The molecule has 1 saturated carbocycles. The first-order valence-corrected chi connectivity index (χ1v) is 5.63. The molecule has 0 heterocycles. The summed E-state index contributed by atoms with van der Waals surface area (Å²) < 4.78 is 0. The summed E-state index contributed by atoms with van der Waals surface area (Å²) in [7, 11) is 0. The molecular formula is C12H18N2O3. The van der Waals surface area contributed by atoms with E-state index in [2.05, 4.69) is 16.6 Å². The highest BCUT2D eigenvalue weighted by atomic mass is 16.4. The van der Waals surface area contributed by atoms with Crippen LogP contribution in [0, 0.1) is 18.3 Å². The zero-order valence-electron chi connectivity index (χ0n) is 10.1. The first kappa shape index (κ1) is 13.4. The zero-order chi connectivity index (χ0) is 13.1. The molecule has 0 unspecified atom stereocenters. The summed E-state index contributed by atoms with van der Waals surface area (Å²) in [5.41, 5.74) is -0.700. The van der Waals surface area contributed by atoms with Crippen molar-refractivity contribution in [1.82, 2.24) is 10.6 Å². The van der Waals surface area contributed by atoms with Crippen molar-refractivity contribution >= 4 is 12.0 Å². The molecule has 1 aliphatic rings. The Hall–Kier alpha value is -1.70. The van der Waals surface area contributed by atoms with Crippen LogP contribution < -0.4 is 10.6 Å². The van der Waals surface area contributed by atoms with Gasteiger partial charge in [-0.05, 0) is 33.1 Å². The van der Waals surface area contributed by atoms with Crippen LogP contribution in [-0.4, -0.2) is 28.7 Å². The van der Waals surface area contributed by atoms with Crippen LogP contribution in [0.3, 0.4) is 0 Å². The Morgan fingerprint density at radius 3 is 2.53 bits per heavy atom. The number of urea groups is 1. The molecule has 0 saturated heterocycles. The van der Waals surface area contributed by atoms with E-state index in [-0.39, 0.29) is 18.0 Å². The van der Waals surface area contributed by atoms with Crippen molar-refractivity contribution in [3.63, 3.8) is 0 Å². The molecular weight excluding hydrogens is 220 g/mol. The van der Waals surface area contributed by atoms with Crippen LogP contribution in [0.4, 0.5) is 4.79 Å². The second-order valence-electron chi connectivity index (χ2n) is 4.91. The van der Waals surface area contributed by atoms with E-state index in [1.807, 2.05) is 0 Å². The predicted octanol–water partition coefficient (Wildman–Crippen LogP) is 0.951. The molecule has 0 aromatic rings. The van der Waals surface area contributed by atoms with E-state index in [1.165, 1.54) is 0 Å². The van der Waals surface area contributed by atoms with Crippen molar-refractivity contribution in [2.24, 2.45) is 5.92 Å². The third kappa shape index (κ3) is 3.99. The number of rotatable bonds is 3. The van der Waals surface area contributed by atoms with Crippen LogP contribution in [-0.2, 0) is 4.79 Å². The Balaban J connectivity index is 2.39. The van der Waals surface area contributed by atoms with Crippen LogP contribution in [0.1, 0.15) is 33.1 Å². The maximum atomic E-state index is 11.6. The van der Waals surface area contributed by atoms with Crippen molar-refractivity contribution in [2.75, 3.05) is 0 Å². The molecule has 0 radical (unpaired) electrons. The lowest BCUT2D eigenvalue weighted by Gasteiger charge is -2.21. The first-order valence-electron chi connectivity index (χ1n) is 5.63. The second kappa shape index (κ2) is 5.09. The molecule has 1 rings (SSSR count). The number of terminal acetylenes is 1. The third-order valence-corrected chi connectivity index (χ3v) is 2.90. The Morgan fingerprint density at radius 1 is 1.41 bits per heavy atom. The Kier molecular flexibility index (Phi) is 4.00. The van der Waals surface area contributed by atoms with Gasteiger partial charge in [-0.15, -0.1) is 6.42 Å². The van der Waals surface area contributed by atoms with Crippen molar-refractivity contribution < 1.29 is 14.7 Å². The summed E-state index contributed by atoms with van der Waals surface area (Å²) in [6.45, 7) is 3.45. The zero-order valence-corrected chi connectivity index (χ0v) is 10.1. The Morgan fingerprint density at radius 2 is 2.06 bits per heavy atom. The molecule has 2 atom stereocenters. The largest absolute Gasteiger partial charge is 0.481 e. The lowest BCUT2D eigenvalue weighted by molar-refractivity contribution is -0.141. The summed E-state index contributed by atoms with van der Waals surface area (Å²) >= 11 is 0.